The Bertz CT molecular complexity index is 421. The summed E-state index contributed by atoms with van der Waals surface area (Å²) in [5.41, 5.74) is 0.816. The standard InChI is InChI=1S/C10H10ClNOS/c1-2-7-3-4-9(14-7)10-8(5-11)12-6-13-10/h3-4,6H,2,5H2,1H3. The zero-order valence-corrected chi connectivity index (χ0v) is 9.36. The van der Waals surface area contributed by atoms with Gasteiger partial charge in [0.25, 0.3) is 0 Å². The molecule has 0 fully saturated rings. The van der Waals surface area contributed by atoms with Crippen LogP contribution in [0.25, 0.3) is 10.6 Å². The highest BCUT2D eigenvalue weighted by atomic mass is 35.5. The predicted octanol–water partition coefficient (Wildman–Crippen LogP) is 3.70. The van der Waals surface area contributed by atoms with E-state index in [1.165, 1.54) is 11.3 Å². The monoisotopic (exact) mass is 227 g/mol. The van der Waals surface area contributed by atoms with Gasteiger partial charge in [-0.2, -0.15) is 0 Å². The lowest BCUT2D eigenvalue weighted by molar-refractivity contribution is 0.572. The number of nitrogens with zero attached hydrogens (tertiary/aromatic N) is 1. The number of hydrogen-bond acceptors (Lipinski definition) is 3. The van der Waals surface area contributed by atoms with Gasteiger partial charge in [0.05, 0.1) is 10.8 Å². The maximum Gasteiger partial charge on any atom is 0.181 e. The Morgan fingerprint density at radius 2 is 2.36 bits per heavy atom. The third kappa shape index (κ3) is 1.70. The van der Waals surface area contributed by atoms with Crippen LogP contribution in [0.3, 0.4) is 0 Å². The van der Waals surface area contributed by atoms with Crippen molar-refractivity contribution in [1.29, 1.82) is 0 Å². The summed E-state index contributed by atoms with van der Waals surface area (Å²) < 4.78 is 5.31. The first kappa shape index (κ1) is 9.74. The summed E-state index contributed by atoms with van der Waals surface area (Å²) in [4.78, 5) is 6.51. The topological polar surface area (TPSA) is 26.0 Å². The molecule has 0 N–H and O–H groups in total. The van der Waals surface area contributed by atoms with E-state index >= 15 is 0 Å². The number of aryl methyl sites for hydroxylation is 1. The van der Waals surface area contributed by atoms with Crippen molar-refractivity contribution in [3.8, 4) is 10.6 Å². The Morgan fingerprint density at radius 3 is 3.00 bits per heavy atom. The lowest BCUT2D eigenvalue weighted by Crippen LogP contribution is -1.79. The van der Waals surface area contributed by atoms with Crippen LogP contribution in [0.4, 0.5) is 0 Å². The molecular formula is C10H10ClNOS. The van der Waals surface area contributed by atoms with E-state index in [-0.39, 0.29) is 0 Å². The molecule has 0 unspecified atom stereocenters. The lowest BCUT2D eigenvalue weighted by atomic mass is 10.3. The second-order valence-electron chi connectivity index (χ2n) is 2.88. The number of thiophene rings is 1. The van der Waals surface area contributed by atoms with Gasteiger partial charge in [0.15, 0.2) is 12.2 Å². The molecule has 0 radical (unpaired) electrons. The fraction of sp³-hybridized carbons (Fsp3) is 0.300. The van der Waals surface area contributed by atoms with Gasteiger partial charge in [0.2, 0.25) is 0 Å². The third-order valence-corrected chi connectivity index (χ3v) is 3.48. The van der Waals surface area contributed by atoms with Crippen LogP contribution in [0, 0.1) is 0 Å². The van der Waals surface area contributed by atoms with Crippen molar-refractivity contribution >= 4 is 22.9 Å². The van der Waals surface area contributed by atoms with Gasteiger partial charge in [-0.3, -0.25) is 0 Å². The Hall–Kier alpha value is -0.800. The first-order valence-electron chi connectivity index (χ1n) is 4.42. The molecule has 0 aromatic carbocycles. The second-order valence-corrected chi connectivity index (χ2v) is 4.32. The zero-order valence-electron chi connectivity index (χ0n) is 7.79. The molecule has 0 aliphatic heterocycles. The van der Waals surface area contributed by atoms with Crippen molar-refractivity contribution in [3.05, 3.63) is 29.1 Å². The Morgan fingerprint density at radius 1 is 1.50 bits per heavy atom. The molecule has 0 aliphatic carbocycles. The number of halogens is 1. The Balaban J connectivity index is 2.38. The number of alkyl halides is 1. The van der Waals surface area contributed by atoms with E-state index in [1.807, 2.05) is 0 Å². The largest absolute Gasteiger partial charge is 0.442 e. The van der Waals surface area contributed by atoms with E-state index in [0.29, 0.717) is 5.88 Å². The predicted molar refractivity (Wildman–Crippen MR) is 58.8 cm³/mol. The molecule has 0 amide bonds. The zero-order chi connectivity index (χ0) is 9.97. The number of aromatic nitrogens is 1. The molecule has 2 aromatic rings. The maximum atomic E-state index is 5.75. The summed E-state index contributed by atoms with van der Waals surface area (Å²) >= 11 is 7.47. The van der Waals surface area contributed by atoms with Crippen LogP contribution in [0.5, 0.6) is 0 Å². The van der Waals surface area contributed by atoms with Gasteiger partial charge in [-0.05, 0) is 18.6 Å². The number of oxazole rings is 1. The van der Waals surface area contributed by atoms with Crippen molar-refractivity contribution in [2.75, 3.05) is 0 Å². The fourth-order valence-corrected chi connectivity index (χ4v) is 2.40. The smallest absolute Gasteiger partial charge is 0.181 e. The van der Waals surface area contributed by atoms with Gasteiger partial charge in [-0.25, -0.2) is 4.98 Å². The molecule has 0 bridgehead atoms. The Kier molecular flexibility index (Phi) is 2.89. The molecule has 2 rings (SSSR count). The molecule has 0 spiro atoms. The molecule has 0 atom stereocenters. The summed E-state index contributed by atoms with van der Waals surface area (Å²) in [6, 6.07) is 4.17. The van der Waals surface area contributed by atoms with E-state index < -0.39 is 0 Å². The molecule has 0 saturated carbocycles. The SMILES string of the molecule is CCc1ccc(-c2ocnc2CCl)s1. The second kappa shape index (κ2) is 4.15. The van der Waals surface area contributed by atoms with Crippen LogP contribution in [0.1, 0.15) is 17.5 Å². The van der Waals surface area contributed by atoms with Gasteiger partial charge in [0.1, 0.15) is 5.69 Å². The lowest BCUT2D eigenvalue weighted by Gasteiger charge is -1.92. The third-order valence-electron chi connectivity index (χ3n) is 2.00. The average Bonchev–Trinajstić information content (AvgIpc) is 2.85. The van der Waals surface area contributed by atoms with Gasteiger partial charge in [-0.1, -0.05) is 6.92 Å². The minimum atomic E-state index is 0.394. The van der Waals surface area contributed by atoms with Gasteiger partial charge < -0.3 is 4.42 Å². The van der Waals surface area contributed by atoms with Crippen LogP contribution >= 0.6 is 22.9 Å². The number of rotatable bonds is 3. The minimum Gasteiger partial charge on any atom is -0.442 e. The van der Waals surface area contributed by atoms with Gasteiger partial charge in [-0.15, -0.1) is 22.9 Å². The maximum absolute atomic E-state index is 5.75. The highest BCUT2D eigenvalue weighted by molar-refractivity contribution is 7.15. The number of hydrogen-bond donors (Lipinski definition) is 0. The molecule has 2 heterocycles. The minimum absolute atomic E-state index is 0.394. The van der Waals surface area contributed by atoms with Crippen LogP contribution in [-0.2, 0) is 12.3 Å². The van der Waals surface area contributed by atoms with E-state index in [0.717, 1.165) is 22.8 Å². The average molecular weight is 228 g/mol. The Labute approximate surface area is 91.5 Å². The summed E-state index contributed by atoms with van der Waals surface area (Å²) in [6.45, 7) is 2.14. The van der Waals surface area contributed by atoms with E-state index in [9.17, 15) is 0 Å². The van der Waals surface area contributed by atoms with Crippen LogP contribution < -0.4 is 0 Å². The molecular weight excluding hydrogens is 218 g/mol. The summed E-state index contributed by atoms with van der Waals surface area (Å²) in [5.74, 6) is 1.20. The molecule has 2 aromatic heterocycles. The normalized spacial score (nSPS) is 10.7. The van der Waals surface area contributed by atoms with Crippen molar-refractivity contribution in [2.24, 2.45) is 0 Å². The highest BCUT2D eigenvalue weighted by Gasteiger charge is 2.11. The van der Waals surface area contributed by atoms with Gasteiger partial charge >= 0.3 is 0 Å². The highest BCUT2D eigenvalue weighted by Crippen LogP contribution is 2.31. The van der Waals surface area contributed by atoms with E-state index in [1.54, 1.807) is 11.3 Å². The summed E-state index contributed by atoms with van der Waals surface area (Å²) in [6.07, 6.45) is 2.49. The first-order chi connectivity index (χ1) is 6.85. The van der Waals surface area contributed by atoms with Crippen molar-refractivity contribution in [2.45, 2.75) is 19.2 Å². The first-order valence-corrected chi connectivity index (χ1v) is 5.77. The van der Waals surface area contributed by atoms with Crippen LogP contribution in [0.15, 0.2) is 22.9 Å². The van der Waals surface area contributed by atoms with Crippen molar-refractivity contribution in [3.63, 3.8) is 0 Å². The van der Waals surface area contributed by atoms with Crippen molar-refractivity contribution in [1.82, 2.24) is 4.98 Å². The van der Waals surface area contributed by atoms with E-state index in [2.05, 4.69) is 24.0 Å². The molecule has 74 valence electrons. The quantitative estimate of drug-likeness (QED) is 0.748. The molecule has 2 nitrogen and oxygen atoms in total. The molecule has 0 saturated heterocycles. The van der Waals surface area contributed by atoms with Crippen molar-refractivity contribution < 1.29 is 4.42 Å². The van der Waals surface area contributed by atoms with E-state index in [4.69, 9.17) is 16.0 Å². The molecule has 4 heteroatoms. The molecule has 0 aliphatic rings. The molecule has 14 heavy (non-hydrogen) atoms. The fourth-order valence-electron chi connectivity index (χ4n) is 1.25. The summed E-state index contributed by atoms with van der Waals surface area (Å²) in [5, 5.41) is 0. The van der Waals surface area contributed by atoms with Crippen LogP contribution in [-0.4, -0.2) is 4.98 Å². The summed E-state index contributed by atoms with van der Waals surface area (Å²) in [7, 11) is 0. The van der Waals surface area contributed by atoms with Gasteiger partial charge in [0, 0.05) is 4.88 Å². The van der Waals surface area contributed by atoms with Crippen LogP contribution in [0.2, 0.25) is 0 Å².